The molecule has 0 N–H and O–H groups in total. The molecule has 0 amide bonds. The second kappa shape index (κ2) is 7.13. The lowest BCUT2D eigenvalue weighted by atomic mass is 9.88. The van der Waals surface area contributed by atoms with E-state index in [4.69, 9.17) is 14.2 Å². The zero-order valence-electron chi connectivity index (χ0n) is 16.5. The van der Waals surface area contributed by atoms with Gasteiger partial charge in [0, 0.05) is 12.1 Å². The molecule has 0 radical (unpaired) electrons. The molecule has 0 saturated heterocycles. The summed E-state index contributed by atoms with van der Waals surface area (Å²) < 4.78 is 30.6. The van der Waals surface area contributed by atoms with Crippen molar-refractivity contribution in [1.29, 1.82) is 0 Å². The molecular weight excluding hydrogens is 385 g/mol. The van der Waals surface area contributed by atoms with Crippen LogP contribution in [0.5, 0.6) is 17.2 Å². The van der Waals surface area contributed by atoms with Crippen LogP contribution < -0.4 is 14.2 Å². The highest BCUT2D eigenvalue weighted by Gasteiger charge is 2.51. The molecule has 2 heterocycles. The first kappa shape index (κ1) is 18.6. The number of pyridine rings is 1. The van der Waals surface area contributed by atoms with Crippen LogP contribution in [0.3, 0.4) is 0 Å². The zero-order valence-corrected chi connectivity index (χ0v) is 16.5. The lowest BCUT2D eigenvalue weighted by Gasteiger charge is -2.15. The van der Waals surface area contributed by atoms with Crippen molar-refractivity contribution >= 4 is 5.78 Å². The number of methoxy groups -OCH3 is 1. The average molecular weight is 405 g/mol. The molecule has 6 heteroatoms. The number of nitrogens with zero attached hydrogens (tertiary/aromatic N) is 1. The maximum atomic E-state index is 14.4. The molecule has 3 aromatic rings. The van der Waals surface area contributed by atoms with Gasteiger partial charge in [0.1, 0.15) is 17.3 Å². The molecule has 1 saturated carbocycles. The molecule has 2 aliphatic rings. The number of aromatic nitrogens is 1. The van der Waals surface area contributed by atoms with E-state index >= 15 is 0 Å². The Morgan fingerprint density at radius 1 is 1.10 bits per heavy atom. The third-order valence-corrected chi connectivity index (χ3v) is 5.81. The summed E-state index contributed by atoms with van der Waals surface area (Å²) in [4.78, 5) is 17.8. The predicted molar refractivity (Wildman–Crippen MR) is 108 cm³/mol. The summed E-state index contributed by atoms with van der Waals surface area (Å²) in [5, 5.41) is 0. The number of benzene rings is 2. The second-order valence-electron chi connectivity index (χ2n) is 7.58. The summed E-state index contributed by atoms with van der Waals surface area (Å²) in [6.07, 6.45) is 1.78. The Balaban J connectivity index is 1.42. The molecule has 0 spiro atoms. The summed E-state index contributed by atoms with van der Waals surface area (Å²) in [6, 6.07) is 15.7. The van der Waals surface area contributed by atoms with Crippen LogP contribution in [-0.4, -0.2) is 24.7 Å². The number of carbonyl (C=O) groups is 1. The summed E-state index contributed by atoms with van der Waals surface area (Å²) in [5.41, 5.74) is 1.79. The normalized spacial score (nSPS) is 15.7. The smallest absolute Gasteiger partial charge is 0.231 e. The van der Waals surface area contributed by atoms with Crippen molar-refractivity contribution in [2.75, 3.05) is 13.9 Å². The number of ether oxygens (including phenoxy) is 3. The van der Waals surface area contributed by atoms with E-state index in [1.54, 1.807) is 30.3 Å². The number of halogens is 1. The molecule has 5 nitrogen and oxygen atoms in total. The van der Waals surface area contributed by atoms with Gasteiger partial charge >= 0.3 is 0 Å². The minimum absolute atomic E-state index is 0.103. The topological polar surface area (TPSA) is 57.7 Å². The van der Waals surface area contributed by atoms with Gasteiger partial charge in [-0.05, 0) is 54.8 Å². The highest BCUT2D eigenvalue weighted by molar-refractivity contribution is 5.94. The van der Waals surface area contributed by atoms with Gasteiger partial charge in [0.25, 0.3) is 0 Å². The number of hydrogen-bond acceptors (Lipinski definition) is 5. The minimum Gasteiger partial charge on any atom is -0.496 e. The summed E-state index contributed by atoms with van der Waals surface area (Å²) >= 11 is 0. The fourth-order valence-electron chi connectivity index (χ4n) is 4.02. The number of Topliss-reactive ketones (excluding diaryl/α,β-unsaturated/α-hetero) is 1. The first-order valence-corrected chi connectivity index (χ1v) is 9.83. The first-order valence-electron chi connectivity index (χ1n) is 9.83. The van der Waals surface area contributed by atoms with Crippen LogP contribution >= 0.6 is 0 Å². The van der Waals surface area contributed by atoms with Gasteiger partial charge in [-0.1, -0.05) is 18.2 Å². The zero-order chi connectivity index (χ0) is 20.7. The highest BCUT2D eigenvalue weighted by atomic mass is 19.1. The van der Waals surface area contributed by atoms with Gasteiger partial charge in [0.05, 0.1) is 23.8 Å². The van der Waals surface area contributed by atoms with Crippen molar-refractivity contribution in [2.24, 2.45) is 0 Å². The van der Waals surface area contributed by atoms with E-state index in [9.17, 15) is 9.18 Å². The van der Waals surface area contributed by atoms with Gasteiger partial charge in [0.2, 0.25) is 6.79 Å². The monoisotopic (exact) mass is 405 g/mol. The Hall–Kier alpha value is -3.41. The van der Waals surface area contributed by atoms with Crippen LogP contribution in [0.15, 0.2) is 54.6 Å². The lowest BCUT2D eigenvalue weighted by molar-refractivity contribution is -0.120. The van der Waals surface area contributed by atoms with E-state index in [1.807, 2.05) is 18.2 Å². The molecule has 1 aliphatic heterocycles. The Kier molecular flexibility index (Phi) is 4.42. The molecule has 0 unspecified atom stereocenters. The summed E-state index contributed by atoms with van der Waals surface area (Å²) in [6.45, 7) is 0.204. The first-order chi connectivity index (χ1) is 14.6. The summed E-state index contributed by atoms with van der Waals surface area (Å²) in [7, 11) is 1.49. The quantitative estimate of drug-likeness (QED) is 0.606. The molecule has 0 bridgehead atoms. The SMILES string of the molecule is COc1cccc(F)c1-c1cccc(CC(=O)C2(c3ccc4c(c3)OCO4)CC2)n1. The van der Waals surface area contributed by atoms with Gasteiger partial charge in [-0.15, -0.1) is 0 Å². The van der Waals surface area contributed by atoms with Crippen LogP contribution in [0.4, 0.5) is 4.39 Å². The molecule has 5 rings (SSSR count). The maximum Gasteiger partial charge on any atom is 0.231 e. The van der Waals surface area contributed by atoms with E-state index in [0.717, 1.165) is 18.4 Å². The lowest BCUT2D eigenvalue weighted by Crippen LogP contribution is -2.23. The largest absolute Gasteiger partial charge is 0.496 e. The van der Waals surface area contributed by atoms with E-state index in [0.29, 0.717) is 34.2 Å². The molecule has 1 aliphatic carbocycles. The Labute approximate surface area is 173 Å². The molecule has 30 heavy (non-hydrogen) atoms. The van der Waals surface area contributed by atoms with Gasteiger partial charge in [0.15, 0.2) is 11.5 Å². The van der Waals surface area contributed by atoms with Crippen LogP contribution in [0.25, 0.3) is 11.3 Å². The van der Waals surface area contributed by atoms with Gasteiger partial charge in [-0.3, -0.25) is 9.78 Å². The van der Waals surface area contributed by atoms with Crippen molar-refractivity contribution in [3.05, 3.63) is 71.7 Å². The van der Waals surface area contributed by atoms with Crippen LogP contribution in [0, 0.1) is 5.82 Å². The maximum absolute atomic E-state index is 14.4. The van der Waals surface area contributed by atoms with E-state index in [2.05, 4.69) is 4.98 Å². The van der Waals surface area contributed by atoms with E-state index in [1.165, 1.54) is 13.2 Å². The minimum atomic E-state index is -0.506. The standard InChI is InChI=1S/C24H20FNO4/c1-28-20-7-3-5-17(25)23(20)18-6-2-4-16(26-18)13-22(27)24(10-11-24)15-8-9-19-21(12-15)30-14-29-19/h2-9,12H,10-11,13-14H2,1H3. The molecule has 152 valence electrons. The number of carbonyl (C=O) groups excluding carboxylic acids is 1. The molecular formula is C24H20FNO4. The Bertz CT molecular complexity index is 1140. The number of hydrogen-bond donors (Lipinski definition) is 0. The Morgan fingerprint density at radius 3 is 2.70 bits per heavy atom. The molecule has 1 aromatic heterocycles. The Morgan fingerprint density at radius 2 is 1.90 bits per heavy atom. The summed E-state index contributed by atoms with van der Waals surface area (Å²) in [5.74, 6) is 1.48. The van der Waals surface area contributed by atoms with Crippen molar-refractivity contribution in [3.8, 4) is 28.5 Å². The van der Waals surface area contributed by atoms with Gasteiger partial charge in [-0.25, -0.2) is 4.39 Å². The van der Waals surface area contributed by atoms with Gasteiger partial charge < -0.3 is 14.2 Å². The third-order valence-electron chi connectivity index (χ3n) is 5.81. The van der Waals surface area contributed by atoms with Crippen molar-refractivity contribution < 1.29 is 23.4 Å². The molecule has 1 fully saturated rings. The van der Waals surface area contributed by atoms with Crippen LogP contribution in [-0.2, 0) is 16.6 Å². The highest BCUT2D eigenvalue weighted by Crippen LogP contribution is 2.51. The average Bonchev–Trinajstić information content (AvgIpc) is 3.44. The number of rotatable bonds is 6. The molecule has 0 atom stereocenters. The van der Waals surface area contributed by atoms with Crippen molar-refractivity contribution in [3.63, 3.8) is 0 Å². The second-order valence-corrected chi connectivity index (χ2v) is 7.58. The molecule has 2 aromatic carbocycles. The van der Waals surface area contributed by atoms with Crippen LogP contribution in [0.2, 0.25) is 0 Å². The van der Waals surface area contributed by atoms with Crippen LogP contribution in [0.1, 0.15) is 24.1 Å². The number of ketones is 1. The predicted octanol–water partition coefficient (Wildman–Crippen LogP) is 4.47. The number of fused-ring (bicyclic) bond motifs is 1. The fourth-order valence-corrected chi connectivity index (χ4v) is 4.02. The van der Waals surface area contributed by atoms with E-state index in [-0.39, 0.29) is 19.0 Å². The van der Waals surface area contributed by atoms with Crippen molar-refractivity contribution in [1.82, 2.24) is 4.98 Å². The van der Waals surface area contributed by atoms with E-state index < -0.39 is 11.2 Å². The van der Waals surface area contributed by atoms with Crippen molar-refractivity contribution in [2.45, 2.75) is 24.7 Å². The third kappa shape index (κ3) is 3.09. The van der Waals surface area contributed by atoms with Gasteiger partial charge in [-0.2, -0.15) is 0 Å². The fraction of sp³-hybridized carbons (Fsp3) is 0.250.